The lowest BCUT2D eigenvalue weighted by Gasteiger charge is -2.08. The summed E-state index contributed by atoms with van der Waals surface area (Å²) in [5.41, 5.74) is 4.83. The maximum atomic E-state index is 5.45. The average Bonchev–Trinajstić information content (AvgIpc) is 3.13. The maximum Gasteiger partial charge on any atom is 0.195 e. The molecule has 28 heavy (non-hydrogen) atoms. The molecule has 3 aromatic carbocycles. The summed E-state index contributed by atoms with van der Waals surface area (Å²) in [6.07, 6.45) is 0. The molecule has 3 nitrogen and oxygen atoms in total. The Morgan fingerprint density at radius 2 is 1.39 bits per heavy atom. The number of aromatic nitrogens is 3. The van der Waals surface area contributed by atoms with Crippen LogP contribution in [0, 0.1) is 4.77 Å². The summed E-state index contributed by atoms with van der Waals surface area (Å²) in [5, 5.41) is 7.41. The lowest BCUT2D eigenvalue weighted by Crippen LogP contribution is -2.03. The lowest BCUT2D eigenvalue weighted by atomic mass is 10.0. The standard InChI is InChI=1S/C23H21N3S2/c27-23-25-24-22(26(23)15-16-28-17-18-7-3-1-4-8-18)21-13-11-20(12-14-21)19-9-5-2-6-10-19/h1-14H,15-17H2,(H,25,27). The minimum Gasteiger partial charge on any atom is -0.299 e. The Labute approximate surface area is 174 Å². The molecule has 0 radical (unpaired) electrons. The quantitative estimate of drug-likeness (QED) is 0.294. The first-order chi connectivity index (χ1) is 13.8. The molecule has 0 bridgehead atoms. The first kappa shape index (κ1) is 18.7. The molecule has 4 aromatic rings. The molecular formula is C23H21N3S2. The van der Waals surface area contributed by atoms with Crippen LogP contribution in [0.3, 0.4) is 0 Å². The van der Waals surface area contributed by atoms with Crippen LogP contribution in [0.15, 0.2) is 84.9 Å². The summed E-state index contributed by atoms with van der Waals surface area (Å²) in [6, 6.07) is 29.4. The van der Waals surface area contributed by atoms with Gasteiger partial charge in [0.25, 0.3) is 0 Å². The van der Waals surface area contributed by atoms with Gasteiger partial charge in [-0.3, -0.25) is 9.67 Å². The van der Waals surface area contributed by atoms with E-state index in [0.29, 0.717) is 4.77 Å². The normalized spacial score (nSPS) is 10.9. The SMILES string of the molecule is S=c1[nH]nc(-c2ccc(-c3ccccc3)cc2)n1CCSCc1ccccc1. The number of aromatic amines is 1. The van der Waals surface area contributed by atoms with E-state index < -0.39 is 0 Å². The molecule has 0 amide bonds. The zero-order valence-electron chi connectivity index (χ0n) is 15.4. The van der Waals surface area contributed by atoms with Gasteiger partial charge in [-0.2, -0.15) is 16.9 Å². The van der Waals surface area contributed by atoms with Crippen molar-refractivity contribution in [2.45, 2.75) is 12.3 Å². The second kappa shape index (κ2) is 9.04. The third-order valence-corrected chi connectivity index (χ3v) is 5.90. The molecule has 0 saturated carbocycles. The van der Waals surface area contributed by atoms with Gasteiger partial charge in [0, 0.05) is 23.6 Å². The van der Waals surface area contributed by atoms with Gasteiger partial charge in [0.2, 0.25) is 0 Å². The van der Waals surface area contributed by atoms with E-state index in [-0.39, 0.29) is 0 Å². The molecule has 0 spiro atoms. The summed E-state index contributed by atoms with van der Waals surface area (Å²) in [7, 11) is 0. The smallest absolute Gasteiger partial charge is 0.195 e. The summed E-state index contributed by atoms with van der Waals surface area (Å²) >= 11 is 7.36. The van der Waals surface area contributed by atoms with Crippen molar-refractivity contribution in [3.05, 3.63) is 95.3 Å². The molecule has 1 aromatic heterocycles. The Morgan fingerprint density at radius 1 is 0.786 bits per heavy atom. The Hall–Kier alpha value is -2.63. The zero-order valence-corrected chi connectivity index (χ0v) is 17.0. The van der Waals surface area contributed by atoms with Crippen LogP contribution in [0.1, 0.15) is 5.56 Å². The summed E-state index contributed by atoms with van der Waals surface area (Å²) in [6.45, 7) is 0.836. The van der Waals surface area contributed by atoms with Crippen molar-refractivity contribution >= 4 is 24.0 Å². The fourth-order valence-electron chi connectivity index (χ4n) is 3.11. The largest absolute Gasteiger partial charge is 0.299 e. The Morgan fingerprint density at radius 3 is 2.11 bits per heavy atom. The van der Waals surface area contributed by atoms with E-state index in [2.05, 4.69) is 87.6 Å². The van der Waals surface area contributed by atoms with Crippen LogP contribution in [0.4, 0.5) is 0 Å². The molecule has 5 heteroatoms. The van der Waals surface area contributed by atoms with E-state index >= 15 is 0 Å². The van der Waals surface area contributed by atoms with Crippen molar-refractivity contribution < 1.29 is 0 Å². The number of benzene rings is 3. The molecule has 0 fully saturated rings. The van der Waals surface area contributed by atoms with E-state index in [1.807, 2.05) is 23.9 Å². The van der Waals surface area contributed by atoms with Crippen molar-refractivity contribution in [2.75, 3.05) is 5.75 Å². The van der Waals surface area contributed by atoms with Gasteiger partial charge in [-0.1, -0.05) is 84.9 Å². The minimum absolute atomic E-state index is 0.669. The molecule has 4 rings (SSSR count). The van der Waals surface area contributed by atoms with E-state index in [4.69, 9.17) is 12.2 Å². The van der Waals surface area contributed by atoms with Crippen LogP contribution in [0.5, 0.6) is 0 Å². The van der Waals surface area contributed by atoms with Crippen molar-refractivity contribution in [1.29, 1.82) is 0 Å². The van der Waals surface area contributed by atoms with Gasteiger partial charge in [0.1, 0.15) is 0 Å². The van der Waals surface area contributed by atoms with E-state index in [1.165, 1.54) is 16.7 Å². The molecule has 0 aliphatic rings. The van der Waals surface area contributed by atoms with Crippen LogP contribution >= 0.6 is 24.0 Å². The summed E-state index contributed by atoms with van der Waals surface area (Å²) < 4.78 is 2.76. The molecule has 1 N–H and O–H groups in total. The van der Waals surface area contributed by atoms with Crippen LogP contribution in [-0.4, -0.2) is 20.5 Å². The second-order valence-electron chi connectivity index (χ2n) is 6.49. The number of nitrogens with one attached hydrogen (secondary N) is 1. The Balaban J connectivity index is 1.45. The van der Waals surface area contributed by atoms with Crippen molar-refractivity contribution in [3.63, 3.8) is 0 Å². The van der Waals surface area contributed by atoms with Gasteiger partial charge in [-0.15, -0.1) is 0 Å². The van der Waals surface area contributed by atoms with Gasteiger partial charge < -0.3 is 0 Å². The highest BCUT2D eigenvalue weighted by molar-refractivity contribution is 7.98. The Kier molecular flexibility index (Phi) is 6.04. The van der Waals surface area contributed by atoms with E-state index in [0.717, 1.165) is 29.4 Å². The minimum atomic E-state index is 0.669. The molecule has 0 unspecified atom stereocenters. The molecule has 0 aliphatic heterocycles. The first-order valence-electron chi connectivity index (χ1n) is 9.24. The van der Waals surface area contributed by atoms with Crippen molar-refractivity contribution in [3.8, 4) is 22.5 Å². The maximum absolute atomic E-state index is 5.45. The molecule has 140 valence electrons. The molecule has 0 atom stereocenters. The molecular weight excluding hydrogens is 382 g/mol. The van der Waals surface area contributed by atoms with Gasteiger partial charge in [0.05, 0.1) is 0 Å². The molecule has 0 saturated heterocycles. The van der Waals surface area contributed by atoms with Gasteiger partial charge in [-0.05, 0) is 28.9 Å². The van der Waals surface area contributed by atoms with Crippen LogP contribution in [0.2, 0.25) is 0 Å². The van der Waals surface area contributed by atoms with Crippen molar-refractivity contribution in [2.24, 2.45) is 0 Å². The summed E-state index contributed by atoms with van der Waals surface area (Å²) in [4.78, 5) is 0. The van der Waals surface area contributed by atoms with Gasteiger partial charge >= 0.3 is 0 Å². The van der Waals surface area contributed by atoms with E-state index in [1.54, 1.807) is 0 Å². The van der Waals surface area contributed by atoms with Gasteiger partial charge in [0.15, 0.2) is 10.6 Å². The summed E-state index contributed by atoms with van der Waals surface area (Å²) in [5.74, 6) is 2.88. The fourth-order valence-corrected chi connectivity index (χ4v) is 4.22. The molecule has 0 aliphatic carbocycles. The fraction of sp³-hybridized carbons (Fsp3) is 0.130. The predicted molar refractivity (Wildman–Crippen MR) is 121 cm³/mol. The third-order valence-electron chi connectivity index (χ3n) is 4.58. The highest BCUT2D eigenvalue weighted by atomic mass is 32.2. The number of H-pyrrole nitrogens is 1. The van der Waals surface area contributed by atoms with Crippen LogP contribution < -0.4 is 0 Å². The number of hydrogen-bond acceptors (Lipinski definition) is 3. The Bertz CT molecular complexity index is 1070. The van der Waals surface area contributed by atoms with Gasteiger partial charge in [-0.25, -0.2) is 0 Å². The highest BCUT2D eigenvalue weighted by Gasteiger charge is 2.09. The first-order valence-corrected chi connectivity index (χ1v) is 10.8. The second-order valence-corrected chi connectivity index (χ2v) is 7.98. The highest BCUT2D eigenvalue weighted by Crippen LogP contribution is 2.24. The average molecular weight is 404 g/mol. The number of nitrogens with zero attached hydrogens (tertiary/aromatic N) is 2. The topological polar surface area (TPSA) is 33.6 Å². The number of rotatable bonds is 7. The predicted octanol–water partition coefficient (Wildman–Crippen LogP) is 6.21. The lowest BCUT2D eigenvalue weighted by molar-refractivity contribution is 0.764. The number of thioether (sulfide) groups is 1. The van der Waals surface area contributed by atoms with Crippen LogP contribution in [-0.2, 0) is 12.3 Å². The monoisotopic (exact) mass is 403 g/mol. The third kappa shape index (κ3) is 4.43. The molecule has 1 heterocycles. The van der Waals surface area contributed by atoms with E-state index in [9.17, 15) is 0 Å². The zero-order chi connectivity index (χ0) is 19.2. The number of hydrogen-bond donors (Lipinski definition) is 1. The van der Waals surface area contributed by atoms with Crippen LogP contribution in [0.25, 0.3) is 22.5 Å². The van der Waals surface area contributed by atoms with Crippen molar-refractivity contribution in [1.82, 2.24) is 14.8 Å².